The second kappa shape index (κ2) is 6.51. The fourth-order valence-corrected chi connectivity index (χ4v) is 1.93. The van der Waals surface area contributed by atoms with Crippen molar-refractivity contribution in [3.63, 3.8) is 0 Å². The van der Waals surface area contributed by atoms with Crippen LogP contribution in [0.1, 0.15) is 35.1 Å². The van der Waals surface area contributed by atoms with Gasteiger partial charge in [-0.3, -0.25) is 9.89 Å². The zero-order chi connectivity index (χ0) is 14.5. The minimum absolute atomic E-state index is 0.0165. The van der Waals surface area contributed by atoms with Crippen molar-refractivity contribution in [2.45, 2.75) is 24.5 Å². The summed E-state index contributed by atoms with van der Waals surface area (Å²) >= 11 is 0.439. The first-order chi connectivity index (χ1) is 9.56. The van der Waals surface area contributed by atoms with Crippen LogP contribution in [0.4, 0.5) is 8.78 Å². The van der Waals surface area contributed by atoms with Crippen LogP contribution < -0.4 is 5.32 Å². The molecule has 108 valence electrons. The molecule has 2 N–H and O–H groups in total. The van der Waals surface area contributed by atoms with Gasteiger partial charge in [-0.2, -0.15) is 13.9 Å². The zero-order valence-corrected chi connectivity index (χ0v) is 11.3. The molecule has 20 heavy (non-hydrogen) atoms. The summed E-state index contributed by atoms with van der Waals surface area (Å²) < 4.78 is 29.3. The number of aromatic nitrogens is 3. The van der Waals surface area contributed by atoms with Crippen LogP contribution in [0, 0.1) is 0 Å². The number of nitrogens with zero attached hydrogens (tertiary/aromatic N) is 2. The van der Waals surface area contributed by atoms with Crippen LogP contribution in [-0.4, -0.2) is 26.8 Å². The van der Waals surface area contributed by atoms with Crippen LogP contribution in [0.5, 0.6) is 0 Å². The highest BCUT2D eigenvalue weighted by Gasteiger charge is 2.17. The van der Waals surface area contributed by atoms with Gasteiger partial charge in [0.05, 0.1) is 11.8 Å². The summed E-state index contributed by atoms with van der Waals surface area (Å²) in [5.74, 6) is -1.98. The third kappa shape index (κ3) is 3.80. The van der Waals surface area contributed by atoms with Gasteiger partial charge in [0, 0.05) is 0 Å². The van der Waals surface area contributed by atoms with Gasteiger partial charge in [-0.15, -0.1) is 0 Å². The summed E-state index contributed by atoms with van der Waals surface area (Å²) in [4.78, 5) is 15.8. The van der Waals surface area contributed by atoms with E-state index in [0.29, 0.717) is 23.3 Å². The summed E-state index contributed by atoms with van der Waals surface area (Å²) in [6.07, 6.45) is 1.34. The number of hydrogen-bond acceptors (Lipinski definition) is 5. The topological polar surface area (TPSA) is 83.8 Å². The van der Waals surface area contributed by atoms with E-state index in [1.165, 1.54) is 18.5 Å². The maximum absolute atomic E-state index is 12.0. The molecule has 1 atom stereocenters. The van der Waals surface area contributed by atoms with Crippen molar-refractivity contribution in [2.75, 3.05) is 0 Å². The van der Waals surface area contributed by atoms with E-state index in [-0.39, 0.29) is 17.6 Å². The SMILES string of the molecule is CC(NC(=O)c1ccc(CSC(F)F)o1)c1ncn[nH]1. The number of carbonyl (C=O) groups excluding carboxylic acids is 1. The van der Waals surface area contributed by atoms with Crippen molar-refractivity contribution in [1.29, 1.82) is 0 Å². The van der Waals surface area contributed by atoms with Crippen molar-refractivity contribution in [3.05, 3.63) is 35.8 Å². The minimum atomic E-state index is -2.47. The van der Waals surface area contributed by atoms with Crippen molar-refractivity contribution in [2.24, 2.45) is 0 Å². The van der Waals surface area contributed by atoms with Gasteiger partial charge in [0.1, 0.15) is 17.9 Å². The maximum Gasteiger partial charge on any atom is 0.287 e. The molecule has 0 aliphatic carbocycles. The predicted octanol–water partition coefficient (Wildman–Crippen LogP) is 2.34. The first-order valence-corrected chi connectivity index (χ1v) is 6.75. The van der Waals surface area contributed by atoms with Crippen LogP contribution in [0.2, 0.25) is 0 Å². The third-order valence-corrected chi connectivity index (χ3v) is 3.13. The molecule has 2 rings (SSSR count). The third-order valence-electron chi connectivity index (χ3n) is 2.43. The summed E-state index contributed by atoms with van der Waals surface area (Å²) in [6.45, 7) is 1.73. The van der Waals surface area contributed by atoms with Gasteiger partial charge in [-0.05, 0) is 19.1 Å². The highest BCUT2D eigenvalue weighted by Crippen LogP contribution is 2.21. The van der Waals surface area contributed by atoms with Gasteiger partial charge in [0.15, 0.2) is 5.76 Å². The zero-order valence-electron chi connectivity index (χ0n) is 10.5. The average molecular weight is 302 g/mol. The van der Waals surface area contributed by atoms with Crippen LogP contribution in [-0.2, 0) is 5.75 Å². The molecule has 1 unspecified atom stereocenters. The van der Waals surface area contributed by atoms with Crippen molar-refractivity contribution < 1.29 is 18.0 Å². The first kappa shape index (κ1) is 14.5. The quantitative estimate of drug-likeness (QED) is 0.855. The summed E-state index contributed by atoms with van der Waals surface area (Å²) in [7, 11) is 0. The molecule has 0 fully saturated rings. The number of rotatable bonds is 6. The van der Waals surface area contributed by atoms with Gasteiger partial charge in [-0.1, -0.05) is 11.8 Å². The highest BCUT2D eigenvalue weighted by molar-refractivity contribution is 7.98. The number of furan rings is 1. The van der Waals surface area contributed by atoms with Crippen LogP contribution in [0.15, 0.2) is 22.9 Å². The van der Waals surface area contributed by atoms with Gasteiger partial charge < -0.3 is 9.73 Å². The molecule has 0 aliphatic heterocycles. The molecule has 6 nitrogen and oxygen atoms in total. The number of aromatic amines is 1. The van der Waals surface area contributed by atoms with Crippen LogP contribution in [0.25, 0.3) is 0 Å². The average Bonchev–Trinajstić information content (AvgIpc) is 3.07. The Kier molecular flexibility index (Phi) is 4.72. The predicted molar refractivity (Wildman–Crippen MR) is 68.3 cm³/mol. The summed E-state index contributed by atoms with van der Waals surface area (Å²) in [5, 5.41) is 8.98. The Hall–Kier alpha value is -1.90. The smallest absolute Gasteiger partial charge is 0.287 e. The molecular formula is C11H12F2N4O2S. The molecule has 0 bridgehead atoms. The second-order valence-electron chi connectivity index (χ2n) is 3.90. The molecule has 2 aromatic heterocycles. The molecule has 0 saturated carbocycles. The largest absolute Gasteiger partial charge is 0.455 e. The van der Waals surface area contributed by atoms with E-state index in [1.807, 2.05) is 0 Å². The Labute approximate surface area is 117 Å². The molecule has 0 radical (unpaired) electrons. The number of alkyl halides is 2. The van der Waals surface area contributed by atoms with Crippen LogP contribution in [0.3, 0.4) is 0 Å². The molecule has 0 aromatic carbocycles. The summed E-state index contributed by atoms with van der Waals surface area (Å²) in [5.41, 5.74) is 0. The molecule has 9 heteroatoms. The van der Waals surface area contributed by atoms with Crippen LogP contribution >= 0.6 is 11.8 Å². The lowest BCUT2D eigenvalue weighted by atomic mass is 10.3. The normalized spacial score (nSPS) is 12.6. The number of H-pyrrole nitrogens is 1. The number of hydrogen-bond donors (Lipinski definition) is 2. The lowest BCUT2D eigenvalue weighted by Gasteiger charge is -2.09. The van der Waals surface area contributed by atoms with Crippen molar-refractivity contribution in [1.82, 2.24) is 20.5 Å². The Balaban J connectivity index is 1.92. The highest BCUT2D eigenvalue weighted by atomic mass is 32.2. The monoisotopic (exact) mass is 302 g/mol. The van der Waals surface area contributed by atoms with Gasteiger partial charge >= 0.3 is 0 Å². The Bertz CT molecular complexity index is 559. The lowest BCUT2D eigenvalue weighted by molar-refractivity contribution is 0.0909. The number of amides is 1. The van der Waals surface area contributed by atoms with Crippen molar-refractivity contribution in [3.8, 4) is 0 Å². The summed E-state index contributed by atoms with van der Waals surface area (Å²) in [6, 6.07) is 2.58. The lowest BCUT2D eigenvalue weighted by Crippen LogP contribution is -2.27. The van der Waals surface area contributed by atoms with E-state index < -0.39 is 11.7 Å². The Morgan fingerprint density at radius 2 is 2.35 bits per heavy atom. The maximum atomic E-state index is 12.0. The molecule has 1 amide bonds. The van der Waals surface area contributed by atoms with E-state index in [0.717, 1.165) is 0 Å². The number of halogens is 2. The molecule has 2 heterocycles. The molecule has 0 spiro atoms. The van der Waals surface area contributed by atoms with E-state index in [9.17, 15) is 13.6 Å². The van der Waals surface area contributed by atoms with Gasteiger partial charge in [-0.25, -0.2) is 4.98 Å². The molecular weight excluding hydrogens is 290 g/mol. The second-order valence-corrected chi connectivity index (χ2v) is 4.88. The fourth-order valence-electron chi connectivity index (χ4n) is 1.48. The Morgan fingerprint density at radius 3 is 3.00 bits per heavy atom. The molecule has 0 saturated heterocycles. The van der Waals surface area contributed by atoms with E-state index >= 15 is 0 Å². The number of carbonyl (C=O) groups is 1. The Morgan fingerprint density at radius 1 is 1.55 bits per heavy atom. The van der Waals surface area contributed by atoms with E-state index in [2.05, 4.69) is 20.5 Å². The number of thioether (sulfide) groups is 1. The minimum Gasteiger partial charge on any atom is -0.455 e. The van der Waals surface area contributed by atoms with Gasteiger partial charge in [0.2, 0.25) is 0 Å². The first-order valence-electron chi connectivity index (χ1n) is 5.71. The van der Waals surface area contributed by atoms with E-state index in [1.54, 1.807) is 6.92 Å². The van der Waals surface area contributed by atoms with E-state index in [4.69, 9.17) is 4.42 Å². The fraction of sp³-hybridized carbons (Fsp3) is 0.364. The van der Waals surface area contributed by atoms with Gasteiger partial charge in [0.25, 0.3) is 11.7 Å². The standard InChI is InChI=1S/C11H12F2N4O2S/c1-6(9-14-5-15-17-9)16-10(18)8-3-2-7(19-8)4-20-11(12)13/h2-3,5-6,11H,4H2,1H3,(H,16,18)(H,14,15,17). The molecule has 2 aromatic rings. The molecule has 0 aliphatic rings. The number of nitrogens with one attached hydrogen (secondary N) is 2. The van der Waals surface area contributed by atoms with Crippen molar-refractivity contribution >= 4 is 17.7 Å².